The third-order valence-electron chi connectivity index (χ3n) is 5.31. The lowest BCUT2D eigenvalue weighted by Crippen LogP contribution is -2.15. The Balaban J connectivity index is 1.66. The molecule has 4 rings (SSSR count). The third kappa shape index (κ3) is 4.58. The van der Waals surface area contributed by atoms with Crippen molar-refractivity contribution in [2.45, 2.75) is 25.7 Å². The van der Waals surface area contributed by atoms with Gasteiger partial charge in [0.15, 0.2) is 5.82 Å². The molecule has 176 valence electrons. The predicted molar refractivity (Wildman–Crippen MR) is 129 cm³/mol. The molecule has 0 fully saturated rings. The maximum Gasteiger partial charge on any atom is 0.265 e. The number of aromatic nitrogens is 4. The van der Waals surface area contributed by atoms with E-state index in [0.717, 1.165) is 11.1 Å². The second-order valence-electron chi connectivity index (χ2n) is 7.76. The molecule has 1 N–H and O–H groups in total. The molecule has 2 heterocycles. The molecule has 10 heteroatoms. The van der Waals surface area contributed by atoms with Gasteiger partial charge in [-0.25, -0.2) is 13.1 Å². The fourth-order valence-corrected chi connectivity index (χ4v) is 5.06. The van der Waals surface area contributed by atoms with Crippen LogP contribution in [0.25, 0.3) is 17.1 Å². The van der Waals surface area contributed by atoms with E-state index in [4.69, 9.17) is 9.47 Å². The zero-order valence-electron chi connectivity index (χ0n) is 19.5. The normalized spacial score (nSPS) is 11.3. The molecule has 0 bridgehead atoms. The first-order valence-corrected chi connectivity index (χ1v) is 11.9. The Kier molecular flexibility index (Phi) is 6.25. The molecule has 0 aliphatic heterocycles. The summed E-state index contributed by atoms with van der Waals surface area (Å²) in [6.45, 7) is 5.33. The average molecular weight is 480 g/mol. The average Bonchev–Trinajstić information content (AvgIpc) is 3.13. The van der Waals surface area contributed by atoms with E-state index in [1.807, 2.05) is 37.3 Å². The van der Waals surface area contributed by atoms with Gasteiger partial charge in [0.25, 0.3) is 10.0 Å². The number of hydrogen-bond acceptors (Lipinski definition) is 7. The van der Waals surface area contributed by atoms with E-state index < -0.39 is 10.0 Å². The molecule has 0 radical (unpaired) electrons. The van der Waals surface area contributed by atoms with Gasteiger partial charge in [0.1, 0.15) is 16.4 Å². The van der Waals surface area contributed by atoms with E-state index in [0.29, 0.717) is 40.1 Å². The van der Waals surface area contributed by atoms with Gasteiger partial charge in [0.2, 0.25) is 0 Å². The number of benzene rings is 2. The lowest BCUT2D eigenvalue weighted by molar-refractivity contribution is 0.395. The molecule has 0 amide bonds. The van der Waals surface area contributed by atoms with Crippen molar-refractivity contribution < 1.29 is 17.9 Å². The molecule has 2 aromatic heterocycles. The highest BCUT2D eigenvalue weighted by molar-refractivity contribution is 7.92. The Morgan fingerprint density at radius 1 is 0.853 bits per heavy atom. The van der Waals surface area contributed by atoms with Crippen LogP contribution in [0.4, 0.5) is 5.69 Å². The second-order valence-corrected chi connectivity index (χ2v) is 9.38. The predicted octanol–water partition coefficient (Wildman–Crippen LogP) is 4.07. The van der Waals surface area contributed by atoms with Crippen LogP contribution in [0.15, 0.2) is 59.5 Å². The third-order valence-corrected chi connectivity index (χ3v) is 6.94. The summed E-state index contributed by atoms with van der Waals surface area (Å²) in [5.41, 5.74) is 3.88. The van der Waals surface area contributed by atoms with Crippen LogP contribution in [0, 0.1) is 20.8 Å². The Morgan fingerprint density at radius 3 is 2.06 bits per heavy atom. The minimum Gasteiger partial charge on any atom is -0.497 e. The van der Waals surface area contributed by atoms with Gasteiger partial charge in [-0.1, -0.05) is 29.8 Å². The van der Waals surface area contributed by atoms with Crippen LogP contribution in [0.3, 0.4) is 0 Å². The van der Waals surface area contributed by atoms with Crippen molar-refractivity contribution in [1.29, 1.82) is 0 Å². The zero-order chi connectivity index (χ0) is 24.5. The first-order valence-electron chi connectivity index (χ1n) is 10.4. The van der Waals surface area contributed by atoms with Crippen LogP contribution in [-0.2, 0) is 10.0 Å². The first kappa shape index (κ1) is 23.2. The summed E-state index contributed by atoms with van der Waals surface area (Å²) in [5.74, 6) is 1.34. The summed E-state index contributed by atoms with van der Waals surface area (Å²) in [6.07, 6.45) is 0. The van der Waals surface area contributed by atoms with Crippen LogP contribution >= 0.6 is 0 Å². The SMILES string of the molecule is COc1cc(NS(=O)(=O)c2c(C)nn(-c3ccc(-c4ccc(C)cc4)nn3)c2C)cc(OC)c1. The molecule has 0 aliphatic rings. The van der Waals surface area contributed by atoms with Gasteiger partial charge in [-0.05, 0) is 32.9 Å². The van der Waals surface area contributed by atoms with Crippen molar-refractivity contribution in [3.63, 3.8) is 0 Å². The Labute approximate surface area is 198 Å². The van der Waals surface area contributed by atoms with Gasteiger partial charge in [-0.2, -0.15) is 5.10 Å². The van der Waals surface area contributed by atoms with E-state index in [2.05, 4.69) is 20.0 Å². The van der Waals surface area contributed by atoms with E-state index in [9.17, 15) is 8.42 Å². The minimum absolute atomic E-state index is 0.0682. The molecule has 0 aliphatic carbocycles. The number of aryl methyl sites for hydroxylation is 2. The highest BCUT2D eigenvalue weighted by Crippen LogP contribution is 2.29. The van der Waals surface area contributed by atoms with E-state index in [1.165, 1.54) is 18.9 Å². The molecule has 0 saturated heterocycles. The van der Waals surface area contributed by atoms with Crippen LogP contribution in [0.5, 0.6) is 11.5 Å². The van der Waals surface area contributed by atoms with Crippen LogP contribution in [-0.4, -0.2) is 42.6 Å². The second kappa shape index (κ2) is 9.14. The summed E-state index contributed by atoms with van der Waals surface area (Å²) in [7, 11) is -0.967. The van der Waals surface area contributed by atoms with Crippen LogP contribution in [0.1, 0.15) is 17.0 Å². The lowest BCUT2D eigenvalue weighted by atomic mass is 10.1. The quantitative estimate of drug-likeness (QED) is 0.426. The lowest BCUT2D eigenvalue weighted by Gasteiger charge is -2.12. The molecule has 4 aromatic rings. The van der Waals surface area contributed by atoms with Crippen molar-refractivity contribution in [3.8, 4) is 28.6 Å². The van der Waals surface area contributed by atoms with E-state index >= 15 is 0 Å². The number of nitrogens with zero attached hydrogens (tertiary/aromatic N) is 4. The number of anilines is 1. The molecule has 9 nitrogen and oxygen atoms in total. The molecule has 0 atom stereocenters. The molecular weight excluding hydrogens is 454 g/mol. The Bertz CT molecular complexity index is 1410. The Hall–Kier alpha value is -3.92. The standard InChI is InChI=1S/C24H25N5O4S/c1-15-6-8-18(9-7-15)22-10-11-23(26-25-22)29-17(3)24(16(2)27-29)34(30,31)28-19-12-20(32-4)14-21(13-19)33-5/h6-14,28H,1-5H3. The van der Waals surface area contributed by atoms with Crippen molar-refractivity contribution in [3.05, 3.63) is 71.5 Å². The van der Waals surface area contributed by atoms with E-state index in [1.54, 1.807) is 38.1 Å². The molecular formula is C24H25N5O4S. The number of nitrogens with one attached hydrogen (secondary N) is 1. The summed E-state index contributed by atoms with van der Waals surface area (Å²) in [6, 6.07) is 16.4. The van der Waals surface area contributed by atoms with Crippen LogP contribution < -0.4 is 14.2 Å². The maximum atomic E-state index is 13.3. The number of sulfonamides is 1. The monoisotopic (exact) mass is 479 g/mol. The summed E-state index contributed by atoms with van der Waals surface area (Å²) < 4.78 is 41.1. The number of methoxy groups -OCH3 is 2. The van der Waals surface area contributed by atoms with Crippen molar-refractivity contribution in [2.75, 3.05) is 18.9 Å². The van der Waals surface area contributed by atoms with Crippen molar-refractivity contribution in [1.82, 2.24) is 20.0 Å². The number of hydrogen-bond donors (Lipinski definition) is 1. The Morgan fingerprint density at radius 2 is 1.50 bits per heavy atom. The van der Waals surface area contributed by atoms with Gasteiger partial charge in [0.05, 0.1) is 37.0 Å². The maximum absolute atomic E-state index is 13.3. The number of rotatable bonds is 7. The van der Waals surface area contributed by atoms with E-state index in [-0.39, 0.29) is 4.90 Å². The molecule has 2 aromatic carbocycles. The highest BCUT2D eigenvalue weighted by Gasteiger charge is 2.26. The highest BCUT2D eigenvalue weighted by atomic mass is 32.2. The topological polar surface area (TPSA) is 108 Å². The molecule has 0 saturated carbocycles. The van der Waals surface area contributed by atoms with Gasteiger partial charge < -0.3 is 9.47 Å². The number of ether oxygens (including phenoxy) is 2. The molecule has 0 unspecified atom stereocenters. The molecule has 34 heavy (non-hydrogen) atoms. The van der Waals surface area contributed by atoms with Gasteiger partial charge in [0, 0.05) is 23.8 Å². The first-order chi connectivity index (χ1) is 16.2. The van der Waals surface area contributed by atoms with Crippen LogP contribution in [0.2, 0.25) is 0 Å². The molecule has 0 spiro atoms. The van der Waals surface area contributed by atoms with Crippen molar-refractivity contribution >= 4 is 15.7 Å². The summed E-state index contributed by atoms with van der Waals surface area (Å²) in [5, 5.41) is 13.0. The van der Waals surface area contributed by atoms with Gasteiger partial charge in [-0.15, -0.1) is 10.2 Å². The van der Waals surface area contributed by atoms with Crippen molar-refractivity contribution in [2.24, 2.45) is 0 Å². The fraction of sp³-hybridized carbons (Fsp3) is 0.208. The van der Waals surface area contributed by atoms with Gasteiger partial charge in [-0.3, -0.25) is 4.72 Å². The summed E-state index contributed by atoms with van der Waals surface area (Å²) >= 11 is 0. The largest absolute Gasteiger partial charge is 0.497 e. The zero-order valence-corrected chi connectivity index (χ0v) is 20.3. The van der Waals surface area contributed by atoms with Gasteiger partial charge >= 0.3 is 0 Å². The fourth-order valence-electron chi connectivity index (χ4n) is 3.63. The smallest absolute Gasteiger partial charge is 0.265 e. The summed E-state index contributed by atoms with van der Waals surface area (Å²) in [4.78, 5) is 0.0682. The minimum atomic E-state index is -3.96.